The van der Waals surface area contributed by atoms with Crippen molar-refractivity contribution in [3.63, 3.8) is 0 Å². The second kappa shape index (κ2) is 7.53. The molecule has 2 rings (SSSR count). The highest BCUT2D eigenvalue weighted by Gasteiger charge is 2.42. The fourth-order valence-electron chi connectivity index (χ4n) is 2.76. The first-order chi connectivity index (χ1) is 11.4. The first kappa shape index (κ1) is 18.1. The molecule has 1 aromatic rings. The van der Waals surface area contributed by atoms with E-state index < -0.39 is 24.5 Å². The van der Waals surface area contributed by atoms with E-state index in [1.54, 1.807) is 18.2 Å². The molecular weight excluding hydrogens is 314 g/mol. The summed E-state index contributed by atoms with van der Waals surface area (Å²) in [5.41, 5.74) is 0.494. The molecule has 1 aliphatic rings. The molecule has 7 heteroatoms. The van der Waals surface area contributed by atoms with E-state index in [0.29, 0.717) is 17.1 Å². The molecule has 0 radical (unpaired) electrons. The van der Waals surface area contributed by atoms with Gasteiger partial charge in [0.1, 0.15) is 18.1 Å². The van der Waals surface area contributed by atoms with Crippen LogP contribution in [0.25, 0.3) is 0 Å². The number of amides is 2. The van der Waals surface area contributed by atoms with Crippen LogP contribution >= 0.6 is 0 Å². The summed E-state index contributed by atoms with van der Waals surface area (Å²) in [5, 5.41) is 9.78. The quantitative estimate of drug-likeness (QED) is 0.852. The second-order valence-corrected chi connectivity index (χ2v) is 5.94. The maximum atomic E-state index is 12.9. The van der Waals surface area contributed by atoms with E-state index in [0.717, 1.165) is 4.90 Å². The monoisotopic (exact) mass is 337 g/mol. The zero-order chi connectivity index (χ0) is 17.9. The van der Waals surface area contributed by atoms with Gasteiger partial charge in [-0.15, -0.1) is 0 Å². The van der Waals surface area contributed by atoms with Crippen LogP contribution in [0.1, 0.15) is 25.3 Å². The van der Waals surface area contributed by atoms with Gasteiger partial charge < -0.3 is 19.3 Å². The standard InChI is InChI=1S/C17H23NO6/c1-10(2)14-9-24-17(21)18(14)16(20)13(8-19)12-6-5-11(22-3)7-15(12)23-4/h5-7,10,13-14,19H,8-9H2,1-4H3/t13-,14+/m1/s1. The van der Waals surface area contributed by atoms with Crippen LogP contribution in [0.3, 0.4) is 0 Å². The minimum Gasteiger partial charge on any atom is -0.497 e. The number of aliphatic hydroxyl groups is 1. The van der Waals surface area contributed by atoms with Crippen molar-refractivity contribution in [2.45, 2.75) is 25.8 Å². The molecule has 1 heterocycles. The number of nitrogens with zero attached hydrogens (tertiary/aromatic N) is 1. The van der Waals surface area contributed by atoms with E-state index in [1.165, 1.54) is 14.2 Å². The third kappa shape index (κ3) is 3.31. The Morgan fingerprint density at radius 3 is 2.62 bits per heavy atom. The van der Waals surface area contributed by atoms with Gasteiger partial charge in [0, 0.05) is 11.6 Å². The molecule has 24 heavy (non-hydrogen) atoms. The summed E-state index contributed by atoms with van der Waals surface area (Å²) in [7, 11) is 2.99. The first-order valence-corrected chi connectivity index (χ1v) is 7.77. The van der Waals surface area contributed by atoms with Gasteiger partial charge >= 0.3 is 6.09 Å². The lowest BCUT2D eigenvalue weighted by Crippen LogP contribution is -2.45. The highest BCUT2D eigenvalue weighted by molar-refractivity contribution is 5.97. The van der Waals surface area contributed by atoms with Crippen molar-refractivity contribution in [1.82, 2.24) is 4.90 Å². The molecule has 1 N–H and O–H groups in total. The van der Waals surface area contributed by atoms with Crippen molar-refractivity contribution in [1.29, 1.82) is 0 Å². The van der Waals surface area contributed by atoms with Crippen molar-refractivity contribution in [2.24, 2.45) is 5.92 Å². The number of methoxy groups -OCH3 is 2. The lowest BCUT2D eigenvalue weighted by Gasteiger charge is -2.27. The number of hydrogen-bond acceptors (Lipinski definition) is 6. The van der Waals surface area contributed by atoms with Crippen LogP contribution in [0.4, 0.5) is 4.79 Å². The number of ether oxygens (including phenoxy) is 3. The number of cyclic esters (lactones) is 1. The molecule has 7 nitrogen and oxygen atoms in total. The van der Waals surface area contributed by atoms with E-state index in [-0.39, 0.29) is 18.6 Å². The van der Waals surface area contributed by atoms with Crippen molar-refractivity contribution < 1.29 is 28.9 Å². The molecule has 1 fully saturated rings. The Morgan fingerprint density at radius 2 is 2.08 bits per heavy atom. The topological polar surface area (TPSA) is 85.3 Å². The zero-order valence-corrected chi connectivity index (χ0v) is 14.3. The maximum Gasteiger partial charge on any atom is 0.417 e. The third-order valence-electron chi connectivity index (χ3n) is 4.21. The van der Waals surface area contributed by atoms with Crippen LogP contribution in [0, 0.1) is 5.92 Å². The number of benzene rings is 1. The Kier molecular flexibility index (Phi) is 5.66. The Bertz CT molecular complexity index is 615. The van der Waals surface area contributed by atoms with Gasteiger partial charge in [0.2, 0.25) is 5.91 Å². The average Bonchev–Trinajstić information content (AvgIpc) is 2.97. The number of aliphatic hydroxyl groups excluding tert-OH is 1. The van der Waals surface area contributed by atoms with Crippen LogP contribution in [0.2, 0.25) is 0 Å². The maximum absolute atomic E-state index is 12.9. The molecule has 0 aromatic heterocycles. The predicted molar refractivity (Wildman–Crippen MR) is 86.2 cm³/mol. The van der Waals surface area contributed by atoms with Crippen molar-refractivity contribution >= 4 is 12.0 Å². The number of hydrogen-bond donors (Lipinski definition) is 1. The lowest BCUT2D eigenvalue weighted by molar-refractivity contribution is -0.132. The van der Waals surface area contributed by atoms with E-state index in [4.69, 9.17) is 14.2 Å². The molecule has 2 amide bonds. The minimum absolute atomic E-state index is 0.0532. The predicted octanol–water partition coefficient (Wildman–Crippen LogP) is 1.78. The molecule has 0 unspecified atom stereocenters. The molecule has 0 bridgehead atoms. The second-order valence-electron chi connectivity index (χ2n) is 5.94. The Morgan fingerprint density at radius 1 is 1.38 bits per heavy atom. The van der Waals surface area contributed by atoms with Gasteiger partial charge in [0.15, 0.2) is 0 Å². The largest absolute Gasteiger partial charge is 0.497 e. The summed E-state index contributed by atoms with van der Waals surface area (Å²) in [6.45, 7) is 3.54. The smallest absolute Gasteiger partial charge is 0.417 e. The summed E-state index contributed by atoms with van der Waals surface area (Å²) in [6, 6.07) is 4.62. The minimum atomic E-state index is -0.919. The molecule has 1 aliphatic heterocycles. The summed E-state index contributed by atoms with van der Waals surface area (Å²) in [5.74, 6) is -0.381. The van der Waals surface area contributed by atoms with Gasteiger partial charge in [-0.05, 0) is 12.0 Å². The highest BCUT2D eigenvalue weighted by Crippen LogP contribution is 2.33. The SMILES string of the molecule is COc1ccc([C@@H](CO)C(=O)N2C(=O)OC[C@H]2C(C)C)c(OC)c1. The molecular formula is C17H23NO6. The molecule has 2 atom stereocenters. The van der Waals surface area contributed by atoms with Gasteiger partial charge in [-0.1, -0.05) is 19.9 Å². The fraction of sp³-hybridized carbons (Fsp3) is 0.529. The molecule has 1 saturated heterocycles. The van der Waals surface area contributed by atoms with Crippen LogP contribution in [0.5, 0.6) is 11.5 Å². The molecule has 0 spiro atoms. The Hall–Kier alpha value is -2.28. The van der Waals surface area contributed by atoms with Gasteiger partial charge in [-0.25, -0.2) is 9.69 Å². The average molecular weight is 337 g/mol. The van der Waals surface area contributed by atoms with Crippen molar-refractivity contribution in [3.05, 3.63) is 23.8 Å². The van der Waals surface area contributed by atoms with Crippen LogP contribution in [0.15, 0.2) is 18.2 Å². The highest BCUT2D eigenvalue weighted by atomic mass is 16.6. The summed E-state index contributed by atoms with van der Waals surface area (Å²) in [6.07, 6.45) is -0.676. The third-order valence-corrected chi connectivity index (χ3v) is 4.21. The van der Waals surface area contributed by atoms with Crippen LogP contribution in [-0.2, 0) is 9.53 Å². The zero-order valence-electron chi connectivity index (χ0n) is 14.3. The van der Waals surface area contributed by atoms with Gasteiger partial charge in [-0.2, -0.15) is 0 Å². The van der Waals surface area contributed by atoms with Gasteiger partial charge in [0.25, 0.3) is 0 Å². The van der Waals surface area contributed by atoms with Crippen LogP contribution < -0.4 is 9.47 Å². The number of rotatable bonds is 6. The van der Waals surface area contributed by atoms with E-state index in [2.05, 4.69) is 0 Å². The summed E-state index contributed by atoms with van der Waals surface area (Å²) in [4.78, 5) is 26.0. The Labute approximate surface area is 141 Å². The van der Waals surface area contributed by atoms with Gasteiger partial charge in [-0.3, -0.25) is 4.79 Å². The molecule has 0 aliphatic carbocycles. The number of carbonyl (C=O) groups excluding carboxylic acids is 2. The molecule has 1 aromatic carbocycles. The lowest BCUT2D eigenvalue weighted by atomic mass is 9.95. The Balaban J connectivity index is 2.37. The van der Waals surface area contributed by atoms with Crippen molar-refractivity contribution in [3.8, 4) is 11.5 Å². The fourth-order valence-corrected chi connectivity index (χ4v) is 2.76. The first-order valence-electron chi connectivity index (χ1n) is 7.77. The van der Waals surface area contributed by atoms with Crippen LogP contribution in [-0.4, -0.2) is 55.5 Å². The van der Waals surface area contributed by atoms with E-state index >= 15 is 0 Å². The van der Waals surface area contributed by atoms with E-state index in [1.807, 2.05) is 13.8 Å². The van der Waals surface area contributed by atoms with Crippen molar-refractivity contribution in [2.75, 3.05) is 27.4 Å². The summed E-state index contributed by atoms with van der Waals surface area (Å²) >= 11 is 0. The van der Waals surface area contributed by atoms with E-state index in [9.17, 15) is 14.7 Å². The molecule has 132 valence electrons. The number of carbonyl (C=O) groups is 2. The molecule has 0 saturated carbocycles. The normalized spacial score (nSPS) is 18.5. The summed E-state index contributed by atoms with van der Waals surface area (Å²) < 4.78 is 15.5. The number of imide groups is 1. The van der Waals surface area contributed by atoms with Gasteiger partial charge in [0.05, 0.1) is 32.8 Å².